The van der Waals surface area contributed by atoms with Crippen LogP contribution in [-0.4, -0.2) is 23.5 Å². The molecule has 1 amide bonds. The minimum Gasteiger partial charge on any atom is -0.481 e. The SMILES string of the molecule is CCC(CC)(CNC(=O)C(C1CC1)C1CC1)C(=O)O. The Morgan fingerprint density at radius 2 is 1.63 bits per heavy atom. The van der Waals surface area contributed by atoms with Gasteiger partial charge in [-0.15, -0.1) is 0 Å². The van der Waals surface area contributed by atoms with Crippen LogP contribution in [0.3, 0.4) is 0 Å². The lowest BCUT2D eigenvalue weighted by atomic mass is 9.82. The molecule has 2 saturated carbocycles. The van der Waals surface area contributed by atoms with Crippen LogP contribution >= 0.6 is 0 Å². The molecule has 2 aliphatic carbocycles. The quantitative estimate of drug-likeness (QED) is 0.710. The molecule has 0 unspecified atom stereocenters. The van der Waals surface area contributed by atoms with E-state index in [2.05, 4.69) is 5.32 Å². The number of carbonyl (C=O) groups excluding carboxylic acids is 1. The maximum Gasteiger partial charge on any atom is 0.311 e. The first kappa shape index (κ1) is 14.4. The van der Waals surface area contributed by atoms with E-state index in [0.717, 1.165) is 0 Å². The monoisotopic (exact) mass is 267 g/mol. The van der Waals surface area contributed by atoms with Crippen LogP contribution in [0.2, 0.25) is 0 Å². The van der Waals surface area contributed by atoms with E-state index in [0.29, 0.717) is 24.7 Å². The summed E-state index contributed by atoms with van der Waals surface area (Å²) >= 11 is 0. The molecule has 0 saturated heterocycles. The average Bonchev–Trinajstić information content (AvgIpc) is 3.25. The van der Waals surface area contributed by atoms with E-state index in [4.69, 9.17) is 0 Å². The van der Waals surface area contributed by atoms with E-state index in [1.807, 2.05) is 13.8 Å². The van der Waals surface area contributed by atoms with Gasteiger partial charge in [-0.2, -0.15) is 0 Å². The van der Waals surface area contributed by atoms with Gasteiger partial charge >= 0.3 is 5.97 Å². The summed E-state index contributed by atoms with van der Waals surface area (Å²) in [5.41, 5.74) is -0.798. The van der Waals surface area contributed by atoms with Crippen LogP contribution in [-0.2, 0) is 9.59 Å². The van der Waals surface area contributed by atoms with Gasteiger partial charge in [0.15, 0.2) is 0 Å². The topological polar surface area (TPSA) is 66.4 Å². The van der Waals surface area contributed by atoms with Gasteiger partial charge in [-0.25, -0.2) is 0 Å². The highest BCUT2D eigenvalue weighted by molar-refractivity contribution is 5.81. The van der Waals surface area contributed by atoms with Crippen LogP contribution in [0, 0.1) is 23.2 Å². The van der Waals surface area contributed by atoms with E-state index in [-0.39, 0.29) is 18.4 Å². The second-order valence-corrected chi connectivity index (χ2v) is 6.21. The first-order valence-electron chi connectivity index (χ1n) is 7.55. The number of nitrogens with one attached hydrogen (secondary N) is 1. The molecule has 4 nitrogen and oxygen atoms in total. The summed E-state index contributed by atoms with van der Waals surface area (Å²) in [6.07, 6.45) is 5.77. The molecule has 0 aromatic carbocycles. The van der Waals surface area contributed by atoms with Crippen LogP contribution in [0.5, 0.6) is 0 Å². The Balaban J connectivity index is 1.92. The van der Waals surface area contributed by atoms with Crippen molar-refractivity contribution in [2.24, 2.45) is 23.2 Å². The van der Waals surface area contributed by atoms with E-state index in [9.17, 15) is 14.7 Å². The van der Waals surface area contributed by atoms with Gasteiger partial charge in [0.1, 0.15) is 0 Å². The van der Waals surface area contributed by atoms with Crippen molar-refractivity contribution in [1.29, 1.82) is 0 Å². The Hall–Kier alpha value is -1.06. The fourth-order valence-corrected chi connectivity index (χ4v) is 2.98. The van der Waals surface area contributed by atoms with Crippen molar-refractivity contribution in [2.45, 2.75) is 52.4 Å². The summed E-state index contributed by atoms with van der Waals surface area (Å²) in [6, 6.07) is 0. The lowest BCUT2D eigenvalue weighted by molar-refractivity contribution is -0.149. The van der Waals surface area contributed by atoms with E-state index in [1.54, 1.807) is 0 Å². The molecule has 0 heterocycles. The molecule has 0 aliphatic heterocycles. The van der Waals surface area contributed by atoms with Crippen LogP contribution in [0.25, 0.3) is 0 Å². The van der Waals surface area contributed by atoms with Gasteiger partial charge in [0.2, 0.25) is 5.91 Å². The zero-order valence-corrected chi connectivity index (χ0v) is 11.9. The second kappa shape index (κ2) is 5.51. The Kier molecular flexibility index (Phi) is 4.16. The van der Waals surface area contributed by atoms with Crippen LogP contribution < -0.4 is 5.32 Å². The third-order valence-corrected chi connectivity index (χ3v) is 4.97. The molecule has 0 atom stereocenters. The molecule has 2 rings (SSSR count). The first-order chi connectivity index (χ1) is 9.04. The predicted molar refractivity (Wildman–Crippen MR) is 72.6 cm³/mol. The van der Waals surface area contributed by atoms with Gasteiger partial charge in [-0.3, -0.25) is 9.59 Å². The van der Waals surface area contributed by atoms with Gasteiger partial charge < -0.3 is 10.4 Å². The lowest BCUT2D eigenvalue weighted by Crippen LogP contribution is -2.44. The third kappa shape index (κ3) is 3.10. The molecule has 0 spiro atoms. The largest absolute Gasteiger partial charge is 0.481 e. The number of hydrogen-bond donors (Lipinski definition) is 2. The van der Waals surface area contributed by atoms with Crippen molar-refractivity contribution < 1.29 is 14.7 Å². The highest BCUT2D eigenvalue weighted by Crippen LogP contribution is 2.49. The lowest BCUT2D eigenvalue weighted by Gasteiger charge is -2.28. The highest BCUT2D eigenvalue weighted by Gasteiger charge is 2.46. The Bertz CT molecular complexity index is 342. The molecule has 0 radical (unpaired) electrons. The molecule has 2 aliphatic rings. The molecule has 19 heavy (non-hydrogen) atoms. The molecule has 2 N–H and O–H groups in total. The summed E-state index contributed by atoms with van der Waals surface area (Å²) in [4.78, 5) is 23.7. The van der Waals surface area contributed by atoms with Crippen molar-refractivity contribution in [2.75, 3.05) is 6.54 Å². The highest BCUT2D eigenvalue weighted by atomic mass is 16.4. The molecular formula is C15H25NO3. The van der Waals surface area contributed by atoms with Crippen molar-refractivity contribution >= 4 is 11.9 Å². The van der Waals surface area contributed by atoms with Crippen LogP contribution in [0.15, 0.2) is 0 Å². The summed E-state index contributed by atoms with van der Waals surface area (Å²) < 4.78 is 0. The van der Waals surface area contributed by atoms with E-state index in [1.165, 1.54) is 25.7 Å². The standard InChI is InChI=1S/C15H25NO3/c1-3-15(4-2,14(18)19)9-16-13(17)12(10-5-6-10)11-7-8-11/h10-12H,3-9H2,1-2H3,(H,16,17)(H,18,19). The molecule has 0 bridgehead atoms. The van der Waals surface area contributed by atoms with Gasteiger partial charge in [0.25, 0.3) is 0 Å². The number of carboxylic acids is 1. The fraction of sp³-hybridized carbons (Fsp3) is 0.867. The number of rotatable bonds is 8. The average molecular weight is 267 g/mol. The van der Waals surface area contributed by atoms with Crippen LogP contribution in [0.1, 0.15) is 52.4 Å². The number of carbonyl (C=O) groups is 2. The third-order valence-electron chi connectivity index (χ3n) is 4.97. The number of hydrogen-bond acceptors (Lipinski definition) is 2. The van der Waals surface area contributed by atoms with Gasteiger partial charge in [0, 0.05) is 12.5 Å². The molecule has 108 valence electrons. The number of carboxylic acid groups (broad SMARTS) is 1. The second-order valence-electron chi connectivity index (χ2n) is 6.21. The fourth-order valence-electron chi connectivity index (χ4n) is 2.98. The summed E-state index contributed by atoms with van der Waals surface area (Å²) in [7, 11) is 0. The number of amides is 1. The Morgan fingerprint density at radius 3 is 1.95 bits per heavy atom. The smallest absolute Gasteiger partial charge is 0.311 e. The maximum absolute atomic E-state index is 12.3. The van der Waals surface area contributed by atoms with Crippen molar-refractivity contribution in [3.8, 4) is 0 Å². The van der Waals surface area contributed by atoms with E-state index >= 15 is 0 Å². The normalized spacial score (nSPS) is 19.5. The van der Waals surface area contributed by atoms with Crippen molar-refractivity contribution in [1.82, 2.24) is 5.32 Å². The zero-order chi connectivity index (χ0) is 14.0. The molecule has 0 aromatic rings. The van der Waals surface area contributed by atoms with Crippen molar-refractivity contribution in [3.05, 3.63) is 0 Å². The van der Waals surface area contributed by atoms with Gasteiger partial charge in [0.05, 0.1) is 5.41 Å². The van der Waals surface area contributed by atoms with E-state index < -0.39 is 11.4 Å². The summed E-state index contributed by atoms with van der Waals surface area (Å²) in [6.45, 7) is 4.02. The molecular weight excluding hydrogens is 242 g/mol. The van der Waals surface area contributed by atoms with Gasteiger partial charge in [-0.1, -0.05) is 13.8 Å². The number of aliphatic carboxylic acids is 1. The Labute approximate surface area is 115 Å². The van der Waals surface area contributed by atoms with Crippen LogP contribution in [0.4, 0.5) is 0 Å². The predicted octanol–water partition coefficient (Wildman–Crippen LogP) is 2.43. The first-order valence-corrected chi connectivity index (χ1v) is 7.55. The molecule has 4 heteroatoms. The zero-order valence-electron chi connectivity index (χ0n) is 11.9. The minimum absolute atomic E-state index is 0.0949. The molecule has 2 fully saturated rings. The van der Waals surface area contributed by atoms with Gasteiger partial charge in [-0.05, 0) is 50.4 Å². The summed E-state index contributed by atoms with van der Waals surface area (Å²) in [5.74, 6) is 0.579. The minimum atomic E-state index is -0.799. The van der Waals surface area contributed by atoms with Crippen molar-refractivity contribution in [3.63, 3.8) is 0 Å². The Morgan fingerprint density at radius 1 is 1.16 bits per heavy atom. The maximum atomic E-state index is 12.3. The summed E-state index contributed by atoms with van der Waals surface area (Å²) in [5, 5.41) is 12.3. The molecule has 0 aromatic heterocycles.